The van der Waals surface area contributed by atoms with Gasteiger partial charge in [0, 0.05) is 12.1 Å². The molecule has 0 saturated carbocycles. The van der Waals surface area contributed by atoms with Crippen LogP contribution in [0.2, 0.25) is 0 Å². The number of nitrogens with zero attached hydrogens (tertiary/aromatic N) is 3. The van der Waals surface area contributed by atoms with E-state index in [1.807, 2.05) is 30.3 Å². The standard InChI is InChI=1S/C12H14N4O2/c13-7-4-8-16-11(9-5-2-1-3-6-9)10(12(17)18)14-15-16/h1-3,5-6H,4,7-8,13H2,(H,17,18). The molecule has 0 atom stereocenters. The van der Waals surface area contributed by atoms with Crippen molar-refractivity contribution in [2.75, 3.05) is 6.54 Å². The topological polar surface area (TPSA) is 94.0 Å². The molecule has 0 radical (unpaired) electrons. The van der Waals surface area contributed by atoms with Gasteiger partial charge in [-0.1, -0.05) is 35.5 Å². The molecule has 0 aliphatic heterocycles. The number of aromatic nitrogens is 3. The molecule has 2 rings (SSSR count). The number of carboxylic acids is 1. The van der Waals surface area contributed by atoms with E-state index in [1.165, 1.54) is 0 Å². The second-order valence-electron chi connectivity index (χ2n) is 3.82. The zero-order valence-corrected chi connectivity index (χ0v) is 9.78. The van der Waals surface area contributed by atoms with E-state index in [-0.39, 0.29) is 5.69 Å². The van der Waals surface area contributed by atoms with Gasteiger partial charge in [-0.15, -0.1) is 5.10 Å². The Labute approximate surface area is 104 Å². The minimum atomic E-state index is -1.08. The highest BCUT2D eigenvalue weighted by Gasteiger charge is 2.19. The number of hydrogen-bond acceptors (Lipinski definition) is 4. The molecule has 1 aromatic heterocycles. The van der Waals surface area contributed by atoms with E-state index in [2.05, 4.69) is 10.3 Å². The maximum atomic E-state index is 11.1. The number of nitrogens with two attached hydrogens (primary N) is 1. The van der Waals surface area contributed by atoms with Crippen LogP contribution in [0.1, 0.15) is 16.9 Å². The lowest BCUT2D eigenvalue weighted by Gasteiger charge is -2.06. The first kappa shape index (κ1) is 12.3. The van der Waals surface area contributed by atoms with E-state index < -0.39 is 5.97 Å². The predicted octanol–water partition coefficient (Wildman–Crippen LogP) is 0.992. The fraction of sp³-hybridized carbons (Fsp3) is 0.250. The lowest BCUT2D eigenvalue weighted by atomic mass is 10.1. The first-order valence-corrected chi connectivity index (χ1v) is 5.66. The van der Waals surface area contributed by atoms with Gasteiger partial charge in [0.25, 0.3) is 0 Å². The molecule has 0 aliphatic rings. The van der Waals surface area contributed by atoms with Crippen molar-refractivity contribution in [1.29, 1.82) is 0 Å². The molecule has 0 spiro atoms. The quantitative estimate of drug-likeness (QED) is 0.820. The van der Waals surface area contributed by atoms with Crippen LogP contribution in [0.25, 0.3) is 11.3 Å². The van der Waals surface area contributed by atoms with E-state index in [0.29, 0.717) is 18.8 Å². The molecule has 0 amide bonds. The van der Waals surface area contributed by atoms with Crippen molar-refractivity contribution in [1.82, 2.24) is 15.0 Å². The molecule has 1 heterocycles. The Morgan fingerprint density at radius 1 is 1.33 bits per heavy atom. The molecule has 0 bridgehead atoms. The van der Waals surface area contributed by atoms with Crippen molar-refractivity contribution >= 4 is 5.97 Å². The van der Waals surface area contributed by atoms with Gasteiger partial charge >= 0.3 is 5.97 Å². The van der Waals surface area contributed by atoms with Crippen LogP contribution in [-0.4, -0.2) is 32.6 Å². The van der Waals surface area contributed by atoms with Gasteiger partial charge in [0.1, 0.15) is 5.69 Å². The maximum Gasteiger partial charge on any atom is 0.358 e. The van der Waals surface area contributed by atoms with Gasteiger partial charge in [0.05, 0.1) is 0 Å². The van der Waals surface area contributed by atoms with Crippen molar-refractivity contribution < 1.29 is 9.90 Å². The summed E-state index contributed by atoms with van der Waals surface area (Å²) in [5.74, 6) is -1.08. The fourth-order valence-corrected chi connectivity index (χ4v) is 1.74. The summed E-state index contributed by atoms with van der Waals surface area (Å²) in [5, 5.41) is 16.7. The van der Waals surface area contributed by atoms with E-state index in [1.54, 1.807) is 4.68 Å². The molecule has 1 aromatic carbocycles. The Balaban J connectivity index is 2.47. The van der Waals surface area contributed by atoms with Crippen molar-refractivity contribution in [3.8, 4) is 11.3 Å². The lowest BCUT2D eigenvalue weighted by molar-refractivity contribution is 0.0691. The number of carbonyl (C=O) groups is 1. The van der Waals surface area contributed by atoms with E-state index in [4.69, 9.17) is 10.8 Å². The average molecular weight is 246 g/mol. The van der Waals surface area contributed by atoms with Crippen molar-refractivity contribution in [3.05, 3.63) is 36.0 Å². The molecule has 6 heteroatoms. The van der Waals surface area contributed by atoms with Crippen LogP contribution in [0, 0.1) is 0 Å². The lowest BCUT2D eigenvalue weighted by Crippen LogP contribution is -2.09. The number of carboxylic acid groups (broad SMARTS) is 1. The minimum Gasteiger partial charge on any atom is -0.476 e. The molecule has 18 heavy (non-hydrogen) atoms. The molecule has 94 valence electrons. The number of hydrogen-bond donors (Lipinski definition) is 2. The Bertz CT molecular complexity index is 536. The van der Waals surface area contributed by atoms with Gasteiger partial charge in [-0.3, -0.25) is 0 Å². The van der Waals surface area contributed by atoms with E-state index in [0.717, 1.165) is 12.0 Å². The second-order valence-corrected chi connectivity index (χ2v) is 3.82. The van der Waals surface area contributed by atoms with Crippen LogP contribution in [0.4, 0.5) is 0 Å². The van der Waals surface area contributed by atoms with Crippen molar-refractivity contribution in [2.45, 2.75) is 13.0 Å². The summed E-state index contributed by atoms with van der Waals surface area (Å²) in [7, 11) is 0. The molecule has 0 unspecified atom stereocenters. The van der Waals surface area contributed by atoms with Crippen LogP contribution in [0.3, 0.4) is 0 Å². The van der Waals surface area contributed by atoms with Gasteiger partial charge in [0.15, 0.2) is 5.69 Å². The van der Waals surface area contributed by atoms with Crippen LogP contribution in [0.15, 0.2) is 30.3 Å². The number of aromatic carboxylic acids is 1. The zero-order chi connectivity index (χ0) is 13.0. The fourth-order valence-electron chi connectivity index (χ4n) is 1.74. The second kappa shape index (κ2) is 5.42. The Kier molecular flexibility index (Phi) is 3.69. The summed E-state index contributed by atoms with van der Waals surface area (Å²) >= 11 is 0. The summed E-state index contributed by atoms with van der Waals surface area (Å²) in [6.45, 7) is 1.08. The summed E-state index contributed by atoms with van der Waals surface area (Å²) in [4.78, 5) is 11.1. The highest BCUT2D eigenvalue weighted by Crippen LogP contribution is 2.22. The highest BCUT2D eigenvalue weighted by molar-refractivity contribution is 5.92. The number of rotatable bonds is 5. The summed E-state index contributed by atoms with van der Waals surface area (Å²) in [6.07, 6.45) is 0.724. The first-order valence-electron chi connectivity index (χ1n) is 5.66. The highest BCUT2D eigenvalue weighted by atomic mass is 16.4. The van der Waals surface area contributed by atoms with Gasteiger partial charge in [-0.2, -0.15) is 0 Å². The maximum absolute atomic E-state index is 11.1. The largest absolute Gasteiger partial charge is 0.476 e. The van der Waals surface area contributed by atoms with Gasteiger partial charge in [-0.25, -0.2) is 9.48 Å². The molecular formula is C12H14N4O2. The molecular weight excluding hydrogens is 232 g/mol. The minimum absolute atomic E-state index is 0.0294. The Hall–Kier alpha value is -2.21. The van der Waals surface area contributed by atoms with Crippen LogP contribution in [-0.2, 0) is 6.54 Å². The molecule has 0 fully saturated rings. The van der Waals surface area contributed by atoms with Crippen molar-refractivity contribution in [3.63, 3.8) is 0 Å². The zero-order valence-electron chi connectivity index (χ0n) is 9.78. The predicted molar refractivity (Wildman–Crippen MR) is 66.1 cm³/mol. The van der Waals surface area contributed by atoms with Crippen molar-refractivity contribution in [2.24, 2.45) is 5.73 Å². The summed E-state index contributed by atoms with van der Waals surface area (Å²) in [5.41, 5.74) is 6.74. The summed E-state index contributed by atoms with van der Waals surface area (Å²) < 4.78 is 1.59. The molecule has 6 nitrogen and oxygen atoms in total. The SMILES string of the molecule is NCCCn1nnc(C(=O)O)c1-c1ccccc1. The molecule has 3 N–H and O–H groups in total. The Morgan fingerprint density at radius 3 is 2.67 bits per heavy atom. The third-order valence-electron chi connectivity index (χ3n) is 2.56. The molecule has 2 aromatic rings. The first-order chi connectivity index (χ1) is 8.74. The number of aryl methyl sites for hydroxylation is 1. The van der Waals surface area contributed by atoms with Gasteiger partial charge < -0.3 is 10.8 Å². The van der Waals surface area contributed by atoms with Crippen LogP contribution in [0.5, 0.6) is 0 Å². The van der Waals surface area contributed by atoms with Crippen LogP contribution >= 0.6 is 0 Å². The van der Waals surface area contributed by atoms with E-state index in [9.17, 15) is 4.79 Å². The number of benzene rings is 1. The normalized spacial score (nSPS) is 10.5. The third kappa shape index (κ3) is 2.38. The smallest absolute Gasteiger partial charge is 0.358 e. The average Bonchev–Trinajstić information content (AvgIpc) is 2.81. The van der Waals surface area contributed by atoms with E-state index >= 15 is 0 Å². The van der Waals surface area contributed by atoms with Gasteiger partial charge in [0.2, 0.25) is 0 Å². The monoisotopic (exact) mass is 246 g/mol. The summed E-state index contributed by atoms with van der Waals surface area (Å²) in [6, 6.07) is 9.24. The molecule has 0 saturated heterocycles. The Morgan fingerprint density at radius 2 is 2.06 bits per heavy atom. The van der Waals surface area contributed by atoms with Crippen LogP contribution < -0.4 is 5.73 Å². The third-order valence-corrected chi connectivity index (χ3v) is 2.56. The molecule has 0 aliphatic carbocycles. The van der Waals surface area contributed by atoms with Gasteiger partial charge in [-0.05, 0) is 13.0 Å².